The van der Waals surface area contributed by atoms with Gasteiger partial charge in [0.15, 0.2) is 0 Å². The molecule has 64 valence electrons. The quantitative estimate of drug-likeness (QED) is 0.596. The maximum absolute atomic E-state index is 11.2. The first kappa shape index (κ1) is 8.53. The number of hydrogen-bond acceptors (Lipinski definition) is 2. The third-order valence-electron chi connectivity index (χ3n) is 2.79. The van der Waals surface area contributed by atoms with E-state index in [4.69, 9.17) is 0 Å². The topological polar surface area (TPSA) is 32.3 Å². The number of likely N-dealkylation sites (N-methyl/N-ethyl adjacent to an activating group) is 1. The Hall–Kier alpha value is -0.570. The lowest BCUT2D eigenvalue weighted by Gasteiger charge is -2.35. The highest BCUT2D eigenvalue weighted by Gasteiger charge is 2.40. The van der Waals surface area contributed by atoms with Crippen molar-refractivity contribution in [3.05, 3.63) is 0 Å². The lowest BCUT2D eigenvalue weighted by atomic mass is 9.98. The molecule has 0 saturated carbocycles. The van der Waals surface area contributed by atoms with Crippen molar-refractivity contribution in [3.63, 3.8) is 0 Å². The minimum atomic E-state index is -0.142. The van der Waals surface area contributed by atoms with Crippen LogP contribution >= 0.6 is 0 Å². The van der Waals surface area contributed by atoms with Crippen molar-refractivity contribution in [1.29, 1.82) is 0 Å². The third kappa shape index (κ3) is 1.13. The SMILES string of the molecule is CC(C)C1(C)NCC(=O)N1C. The number of carbonyl (C=O) groups excluding carboxylic acids is 1. The molecule has 1 heterocycles. The van der Waals surface area contributed by atoms with Gasteiger partial charge in [-0.15, -0.1) is 0 Å². The van der Waals surface area contributed by atoms with E-state index >= 15 is 0 Å². The van der Waals surface area contributed by atoms with Gasteiger partial charge in [-0.1, -0.05) is 13.8 Å². The lowest BCUT2D eigenvalue weighted by molar-refractivity contribution is -0.129. The molecule has 1 atom stereocenters. The molecule has 3 heteroatoms. The molecule has 1 N–H and O–H groups in total. The highest BCUT2D eigenvalue weighted by atomic mass is 16.2. The normalized spacial score (nSPS) is 32.1. The highest BCUT2D eigenvalue weighted by Crippen LogP contribution is 2.23. The third-order valence-corrected chi connectivity index (χ3v) is 2.79. The van der Waals surface area contributed by atoms with Gasteiger partial charge in [-0.3, -0.25) is 10.1 Å². The van der Waals surface area contributed by atoms with E-state index in [9.17, 15) is 4.79 Å². The summed E-state index contributed by atoms with van der Waals surface area (Å²) < 4.78 is 0. The molecule has 1 aliphatic rings. The van der Waals surface area contributed by atoms with Gasteiger partial charge in [-0.05, 0) is 12.8 Å². The van der Waals surface area contributed by atoms with Crippen LogP contribution < -0.4 is 5.32 Å². The van der Waals surface area contributed by atoms with Crippen LogP contribution in [0.5, 0.6) is 0 Å². The number of rotatable bonds is 1. The summed E-state index contributed by atoms with van der Waals surface area (Å²) in [5.41, 5.74) is -0.142. The highest BCUT2D eigenvalue weighted by molar-refractivity contribution is 5.81. The minimum absolute atomic E-state index is 0.142. The second-order valence-corrected chi connectivity index (χ2v) is 3.61. The summed E-state index contributed by atoms with van der Waals surface area (Å²) in [5.74, 6) is 0.625. The maximum Gasteiger partial charge on any atom is 0.237 e. The first-order chi connectivity index (χ1) is 4.98. The van der Waals surface area contributed by atoms with Gasteiger partial charge in [0.2, 0.25) is 5.91 Å². The Morgan fingerprint density at radius 1 is 1.64 bits per heavy atom. The van der Waals surface area contributed by atoms with E-state index in [2.05, 4.69) is 26.1 Å². The Balaban J connectivity index is 2.81. The van der Waals surface area contributed by atoms with E-state index in [-0.39, 0.29) is 11.6 Å². The summed E-state index contributed by atoms with van der Waals surface area (Å²) in [6.45, 7) is 6.76. The molecule has 0 aromatic rings. The van der Waals surface area contributed by atoms with Crippen molar-refractivity contribution in [1.82, 2.24) is 10.2 Å². The Kier molecular flexibility index (Phi) is 1.92. The molecule has 0 radical (unpaired) electrons. The van der Waals surface area contributed by atoms with Crippen LogP contribution in [0.4, 0.5) is 0 Å². The van der Waals surface area contributed by atoms with Gasteiger partial charge >= 0.3 is 0 Å². The molecule has 0 aromatic carbocycles. The number of carbonyl (C=O) groups is 1. The predicted octanol–water partition coefficient (Wildman–Crippen LogP) is 0.420. The Morgan fingerprint density at radius 3 is 2.36 bits per heavy atom. The van der Waals surface area contributed by atoms with E-state index in [0.717, 1.165) is 0 Å². The molecule has 1 amide bonds. The second-order valence-electron chi connectivity index (χ2n) is 3.61. The Labute approximate surface area is 67.8 Å². The fourth-order valence-electron chi connectivity index (χ4n) is 1.34. The summed E-state index contributed by atoms with van der Waals surface area (Å²) in [4.78, 5) is 12.9. The van der Waals surface area contributed by atoms with Crippen LogP contribution in [-0.2, 0) is 4.79 Å². The van der Waals surface area contributed by atoms with Crippen LogP contribution in [0.25, 0.3) is 0 Å². The van der Waals surface area contributed by atoms with Gasteiger partial charge in [-0.25, -0.2) is 0 Å². The summed E-state index contributed by atoms with van der Waals surface area (Å²) >= 11 is 0. The zero-order valence-corrected chi connectivity index (χ0v) is 7.64. The van der Waals surface area contributed by atoms with E-state index in [0.29, 0.717) is 12.5 Å². The molecule has 1 fully saturated rings. The second kappa shape index (κ2) is 2.48. The van der Waals surface area contributed by atoms with E-state index in [1.807, 2.05) is 7.05 Å². The van der Waals surface area contributed by atoms with Crippen molar-refractivity contribution < 1.29 is 4.79 Å². The smallest absolute Gasteiger partial charge is 0.237 e. The molecule has 0 bridgehead atoms. The average molecular weight is 156 g/mol. The van der Waals surface area contributed by atoms with Crippen LogP contribution in [-0.4, -0.2) is 30.1 Å². The predicted molar refractivity (Wildman–Crippen MR) is 44.0 cm³/mol. The molecule has 1 rings (SSSR count). The van der Waals surface area contributed by atoms with Crippen LogP contribution in [0.15, 0.2) is 0 Å². The molecule has 11 heavy (non-hydrogen) atoms. The Bertz CT molecular complexity index is 179. The number of nitrogens with zero attached hydrogens (tertiary/aromatic N) is 1. The number of amides is 1. The largest absolute Gasteiger partial charge is 0.326 e. The van der Waals surface area contributed by atoms with Gasteiger partial charge < -0.3 is 4.90 Å². The fraction of sp³-hybridized carbons (Fsp3) is 0.875. The van der Waals surface area contributed by atoms with Crippen LogP contribution in [0.1, 0.15) is 20.8 Å². The van der Waals surface area contributed by atoms with Crippen molar-refractivity contribution in [2.45, 2.75) is 26.4 Å². The van der Waals surface area contributed by atoms with Gasteiger partial charge in [0, 0.05) is 7.05 Å². The van der Waals surface area contributed by atoms with Crippen molar-refractivity contribution >= 4 is 5.91 Å². The van der Waals surface area contributed by atoms with Gasteiger partial charge in [0.25, 0.3) is 0 Å². The maximum atomic E-state index is 11.2. The fourth-order valence-corrected chi connectivity index (χ4v) is 1.34. The monoisotopic (exact) mass is 156 g/mol. The van der Waals surface area contributed by atoms with E-state index in [1.165, 1.54) is 0 Å². The van der Waals surface area contributed by atoms with Crippen molar-refractivity contribution in [2.24, 2.45) is 5.92 Å². The molecular formula is C8H16N2O. The van der Waals surface area contributed by atoms with Crippen molar-refractivity contribution in [2.75, 3.05) is 13.6 Å². The number of hydrogen-bond donors (Lipinski definition) is 1. The molecule has 1 aliphatic heterocycles. The first-order valence-electron chi connectivity index (χ1n) is 4.00. The molecule has 1 saturated heterocycles. The number of nitrogens with one attached hydrogen (secondary N) is 1. The summed E-state index contributed by atoms with van der Waals surface area (Å²) in [5, 5.41) is 3.21. The summed E-state index contributed by atoms with van der Waals surface area (Å²) in [7, 11) is 1.85. The summed E-state index contributed by atoms with van der Waals surface area (Å²) in [6, 6.07) is 0. The van der Waals surface area contributed by atoms with Gasteiger partial charge in [0.1, 0.15) is 0 Å². The van der Waals surface area contributed by atoms with Crippen LogP contribution in [0, 0.1) is 5.92 Å². The van der Waals surface area contributed by atoms with Crippen LogP contribution in [0.2, 0.25) is 0 Å². The lowest BCUT2D eigenvalue weighted by Crippen LogP contribution is -2.51. The molecule has 0 aliphatic carbocycles. The van der Waals surface area contributed by atoms with Gasteiger partial charge in [-0.2, -0.15) is 0 Å². The minimum Gasteiger partial charge on any atom is -0.326 e. The average Bonchev–Trinajstić information content (AvgIpc) is 2.18. The first-order valence-corrected chi connectivity index (χ1v) is 4.00. The molecule has 0 spiro atoms. The zero-order chi connectivity index (χ0) is 8.65. The van der Waals surface area contributed by atoms with Gasteiger partial charge in [0.05, 0.1) is 12.2 Å². The van der Waals surface area contributed by atoms with Crippen molar-refractivity contribution in [3.8, 4) is 0 Å². The van der Waals surface area contributed by atoms with E-state index < -0.39 is 0 Å². The molecule has 0 aromatic heterocycles. The Morgan fingerprint density at radius 2 is 2.18 bits per heavy atom. The summed E-state index contributed by atoms with van der Waals surface area (Å²) in [6.07, 6.45) is 0. The standard InChI is InChI=1S/C8H16N2O/c1-6(2)8(3)9-5-7(11)10(8)4/h6,9H,5H2,1-4H3. The molecular weight excluding hydrogens is 140 g/mol. The molecule has 1 unspecified atom stereocenters. The van der Waals surface area contributed by atoms with E-state index in [1.54, 1.807) is 4.90 Å². The van der Waals surface area contributed by atoms with Crippen LogP contribution in [0.3, 0.4) is 0 Å². The molecule has 3 nitrogen and oxygen atoms in total. The zero-order valence-electron chi connectivity index (χ0n) is 7.64.